The first kappa shape index (κ1) is 21.3. The van der Waals surface area contributed by atoms with Gasteiger partial charge in [0.1, 0.15) is 0 Å². The van der Waals surface area contributed by atoms with Crippen LogP contribution in [0.2, 0.25) is 5.02 Å². The van der Waals surface area contributed by atoms with E-state index in [2.05, 4.69) is 5.32 Å². The fraction of sp³-hybridized carbons (Fsp3) is 0.300. The number of benzene rings is 2. The Labute approximate surface area is 175 Å². The summed E-state index contributed by atoms with van der Waals surface area (Å²) in [5, 5.41) is 3.10. The second-order valence-corrected chi connectivity index (χ2v) is 9.37. The molecule has 3 rings (SSSR count). The van der Waals surface area contributed by atoms with E-state index in [9.17, 15) is 18.0 Å². The number of aryl methyl sites for hydroxylation is 1. The van der Waals surface area contributed by atoms with Crippen LogP contribution in [0.4, 0.5) is 11.4 Å². The monoisotopic (exact) mass is 435 g/mol. The van der Waals surface area contributed by atoms with Gasteiger partial charge in [-0.05, 0) is 54.8 Å². The molecule has 154 valence electrons. The van der Waals surface area contributed by atoms with Crippen molar-refractivity contribution >= 4 is 44.8 Å². The molecule has 7 nitrogen and oxygen atoms in total. The highest BCUT2D eigenvalue weighted by Crippen LogP contribution is 2.30. The zero-order chi connectivity index (χ0) is 21.2. The molecule has 0 spiro atoms. The van der Waals surface area contributed by atoms with Crippen LogP contribution >= 0.6 is 11.6 Å². The first-order valence-corrected chi connectivity index (χ1v) is 10.9. The summed E-state index contributed by atoms with van der Waals surface area (Å²) < 4.78 is 26.8. The summed E-state index contributed by atoms with van der Waals surface area (Å²) in [6.45, 7) is 1.77. The molecule has 29 heavy (non-hydrogen) atoms. The molecule has 0 bridgehead atoms. The van der Waals surface area contributed by atoms with Crippen LogP contribution in [0, 0.1) is 0 Å². The molecule has 0 unspecified atom stereocenters. The number of anilines is 2. The molecule has 1 N–H and O–H groups in total. The van der Waals surface area contributed by atoms with Gasteiger partial charge in [0.25, 0.3) is 0 Å². The maximum absolute atomic E-state index is 12.9. The number of amides is 2. The van der Waals surface area contributed by atoms with Crippen molar-refractivity contribution in [2.24, 2.45) is 0 Å². The number of rotatable bonds is 5. The lowest BCUT2D eigenvalue weighted by Crippen LogP contribution is -2.36. The number of sulfonamides is 1. The number of nitrogens with one attached hydrogen (secondary N) is 1. The van der Waals surface area contributed by atoms with Crippen molar-refractivity contribution < 1.29 is 18.0 Å². The summed E-state index contributed by atoms with van der Waals surface area (Å²) >= 11 is 5.89. The van der Waals surface area contributed by atoms with E-state index in [0.29, 0.717) is 23.7 Å². The number of fused-ring (bicyclic) bond motifs is 1. The molecule has 0 saturated heterocycles. The van der Waals surface area contributed by atoms with Crippen LogP contribution in [0.5, 0.6) is 0 Å². The number of carbonyl (C=O) groups excluding carboxylic acids is 2. The smallest absolute Gasteiger partial charge is 0.243 e. The average Bonchev–Trinajstić information content (AvgIpc) is 2.66. The van der Waals surface area contributed by atoms with E-state index in [0.717, 1.165) is 22.0 Å². The van der Waals surface area contributed by atoms with Crippen molar-refractivity contribution in [3.63, 3.8) is 0 Å². The van der Waals surface area contributed by atoms with Crippen LogP contribution in [-0.4, -0.2) is 44.7 Å². The van der Waals surface area contributed by atoms with E-state index in [-0.39, 0.29) is 17.3 Å². The molecule has 0 saturated carbocycles. The van der Waals surface area contributed by atoms with E-state index in [4.69, 9.17) is 11.6 Å². The zero-order valence-electron chi connectivity index (χ0n) is 16.2. The Morgan fingerprint density at radius 2 is 1.97 bits per heavy atom. The van der Waals surface area contributed by atoms with Crippen molar-refractivity contribution in [2.45, 2.75) is 24.7 Å². The first-order valence-electron chi connectivity index (χ1n) is 9.11. The Hall–Kier alpha value is -2.42. The van der Waals surface area contributed by atoms with Crippen LogP contribution in [0.15, 0.2) is 47.4 Å². The lowest BCUT2D eigenvalue weighted by molar-refractivity contribution is -0.117. The van der Waals surface area contributed by atoms with Gasteiger partial charge in [0.05, 0.1) is 11.4 Å². The number of halogens is 1. The highest BCUT2D eigenvalue weighted by Gasteiger charge is 2.26. The predicted molar refractivity (Wildman–Crippen MR) is 113 cm³/mol. The fourth-order valence-corrected chi connectivity index (χ4v) is 4.66. The summed E-state index contributed by atoms with van der Waals surface area (Å²) in [4.78, 5) is 25.8. The summed E-state index contributed by atoms with van der Waals surface area (Å²) in [5.74, 6) is -0.546. The van der Waals surface area contributed by atoms with Crippen molar-refractivity contribution in [1.29, 1.82) is 0 Å². The molecular weight excluding hydrogens is 414 g/mol. The molecule has 0 atom stereocenters. The molecule has 0 radical (unpaired) electrons. The number of hydrogen-bond donors (Lipinski definition) is 1. The summed E-state index contributed by atoms with van der Waals surface area (Å²) in [6, 6.07) is 11.3. The van der Waals surface area contributed by atoms with E-state index in [1.165, 1.54) is 20.0 Å². The van der Waals surface area contributed by atoms with Gasteiger partial charge in [-0.2, -0.15) is 4.31 Å². The van der Waals surface area contributed by atoms with E-state index in [1.54, 1.807) is 41.3 Å². The minimum Gasteiger partial charge on any atom is -0.325 e. The van der Waals surface area contributed by atoms with Gasteiger partial charge in [-0.1, -0.05) is 17.7 Å². The molecule has 0 aromatic heterocycles. The Kier molecular flexibility index (Phi) is 6.26. The Morgan fingerprint density at radius 1 is 1.21 bits per heavy atom. The van der Waals surface area contributed by atoms with Crippen LogP contribution in [-0.2, 0) is 26.0 Å². The molecule has 1 heterocycles. The lowest BCUT2D eigenvalue weighted by atomic mass is 10.0. The summed E-state index contributed by atoms with van der Waals surface area (Å²) in [7, 11) is -2.51. The second-order valence-electron chi connectivity index (χ2n) is 6.88. The number of nitrogens with zero attached hydrogens (tertiary/aromatic N) is 2. The van der Waals surface area contributed by atoms with E-state index in [1.807, 2.05) is 0 Å². The van der Waals surface area contributed by atoms with E-state index >= 15 is 0 Å². The Bertz CT molecular complexity index is 1060. The Morgan fingerprint density at radius 3 is 2.66 bits per heavy atom. The van der Waals surface area contributed by atoms with Crippen molar-refractivity contribution in [3.05, 3.63) is 53.1 Å². The topological polar surface area (TPSA) is 86.8 Å². The minimum atomic E-state index is -3.86. The van der Waals surface area contributed by atoms with E-state index < -0.39 is 15.9 Å². The lowest BCUT2D eigenvalue weighted by Gasteiger charge is -2.29. The minimum absolute atomic E-state index is 0.0728. The normalized spacial score (nSPS) is 13.9. The maximum Gasteiger partial charge on any atom is 0.243 e. The SMILES string of the molecule is CC(=O)N1CCCc2cc(S(=O)(=O)N(C)CC(=O)Nc3cccc(Cl)c3)ccc21. The van der Waals surface area contributed by atoms with Crippen LogP contribution in [0.3, 0.4) is 0 Å². The summed E-state index contributed by atoms with van der Waals surface area (Å²) in [5.41, 5.74) is 2.04. The molecular formula is C20H22ClN3O4S. The largest absolute Gasteiger partial charge is 0.325 e. The Balaban J connectivity index is 1.76. The first-order chi connectivity index (χ1) is 13.7. The number of likely N-dealkylation sites (N-methyl/N-ethyl adjacent to an activating group) is 1. The van der Waals surface area contributed by atoms with Crippen LogP contribution < -0.4 is 10.2 Å². The van der Waals surface area contributed by atoms with Gasteiger partial charge < -0.3 is 10.2 Å². The highest BCUT2D eigenvalue weighted by molar-refractivity contribution is 7.89. The fourth-order valence-electron chi connectivity index (χ4n) is 3.29. The zero-order valence-corrected chi connectivity index (χ0v) is 17.8. The number of hydrogen-bond acceptors (Lipinski definition) is 4. The van der Waals surface area contributed by atoms with Gasteiger partial charge in [0.2, 0.25) is 21.8 Å². The quantitative estimate of drug-likeness (QED) is 0.782. The molecule has 2 aromatic carbocycles. The van der Waals surface area contributed by atoms with Crippen molar-refractivity contribution in [3.8, 4) is 0 Å². The third-order valence-electron chi connectivity index (χ3n) is 4.73. The van der Waals surface area contributed by atoms with Crippen LogP contribution in [0.1, 0.15) is 18.9 Å². The van der Waals surface area contributed by atoms with Gasteiger partial charge in [-0.3, -0.25) is 9.59 Å². The third kappa shape index (κ3) is 4.77. The standard InChI is InChI=1S/C20H22ClN3O4S/c1-14(25)24-10-4-5-15-11-18(8-9-19(15)24)29(27,28)23(2)13-20(26)22-17-7-3-6-16(21)12-17/h3,6-9,11-12H,4-5,10,13H2,1-2H3,(H,22,26). The van der Waals surface area contributed by atoms with Crippen molar-refractivity contribution in [2.75, 3.05) is 30.4 Å². The van der Waals surface area contributed by atoms with Gasteiger partial charge in [0, 0.05) is 36.9 Å². The maximum atomic E-state index is 12.9. The van der Waals surface area contributed by atoms with Crippen molar-refractivity contribution in [1.82, 2.24) is 4.31 Å². The molecule has 2 aromatic rings. The van der Waals surface area contributed by atoms with Gasteiger partial charge in [0.15, 0.2) is 0 Å². The predicted octanol–water partition coefficient (Wildman–Crippen LogP) is 2.90. The molecule has 0 aliphatic carbocycles. The van der Waals surface area contributed by atoms with Gasteiger partial charge in [-0.15, -0.1) is 0 Å². The van der Waals surface area contributed by atoms with Gasteiger partial charge >= 0.3 is 0 Å². The van der Waals surface area contributed by atoms with Gasteiger partial charge in [-0.25, -0.2) is 8.42 Å². The van der Waals surface area contributed by atoms with Crippen LogP contribution in [0.25, 0.3) is 0 Å². The third-order valence-corrected chi connectivity index (χ3v) is 6.77. The second kappa shape index (κ2) is 8.52. The molecule has 1 aliphatic heterocycles. The average molecular weight is 436 g/mol. The molecule has 1 aliphatic rings. The molecule has 0 fully saturated rings. The number of carbonyl (C=O) groups is 2. The molecule has 9 heteroatoms. The summed E-state index contributed by atoms with van der Waals surface area (Å²) in [6.07, 6.45) is 1.47. The highest BCUT2D eigenvalue weighted by atomic mass is 35.5. The molecule has 2 amide bonds.